The molecule has 108 valence electrons. The topological polar surface area (TPSA) is 76.5 Å². The summed E-state index contributed by atoms with van der Waals surface area (Å²) in [5, 5.41) is 0. The van der Waals surface area contributed by atoms with Crippen LogP contribution in [0.2, 0.25) is 0 Å². The van der Waals surface area contributed by atoms with E-state index in [4.69, 9.17) is 10.2 Å². The van der Waals surface area contributed by atoms with E-state index in [2.05, 4.69) is 6.92 Å². The summed E-state index contributed by atoms with van der Waals surface area (Å²) in [7, 11) is -3.51. The predicted molar refractivity (Wildman–Crippen MR) is 73.3 cm³/mol. The fraction of sp³-hybridized carbons (Fsp3) is 0.692. The number of rotatable bonds is 3. The van der Waals surface area contributed by atoms with Crippen LogP contribution >= 0.6 is 0 Å². The molecule has 0 bridgehead atoms. The van der Waals surface area contributed by atoms with Crippen molar-refractivity contribution in [2.24, 2.45) is 11.7 Å². The van der Waals surface area contributed by atoms with Crippen LogP contribution in [0.1, 0.15) is 31.3 Å². The van der Waals surface area contributed by atoms with E-state index >= 15 is 0 Å². The molecule has 1 aromatic rings. The summed E-state index contributed by atoms with van der Waals surface area (Å²) < 4.78 is 32.4. The lowest BCUT2D eigenvalue weighted by Gasteiger charge is -2.38. The van der Waals surface area contributed by atoms with E-state index in [9.17, 15) is 8.42 Å². The number of furan rings is 1. The third-order valence-corrected chi connectivity index (χ3v) is 5.92. The number of aryl methyl sites for hydroxylation is 2. The van der Waals surface area contributed by atoms with Crippen LogP contribution in [0.4, 0.5) is 0 Å². The zero-order chi connectivity index (χ0) is 14.2. The first-order valence-electron chi connectivity index (χ1n) is 6.67. The van der Waals surface area contributed by atoms with Gasteiger partial charge in [0, 0.05) is 19.1 Å². The number of sulfonamides is 1. The van der Waals surface area contributed by atoms with Gasteiger partial charge in [0.1, 0.15) is 16.4 Å². The van der Waals surface area contributed by atoms with Gasteiger partial charge in [-0.15, -0.1) is 0 Å². The van der Waals surface area contributed by atoms with Gasteiger partial charge in [-0.2, -0.15) is 4.31 Å². The van der Waals surface area contributed by atoms with Crippen LogP contribution in [0, 0.1) is 19.8 Å². The molecule has 1 aromatic heterocycles. The van der Waals surface area contributed by atoms with Crippen molar-refractivity contribution in [3.63, 3.8) is 0 Å². The predicted octanol–water partition coefficient (Wildman–Crippen LogP) is 1.64. The third kappa shape index (κ3) is 2.57. The van der Waals surface area contributed by atoms with E-state index < -0.39 is 10.0 Å². The van der Waals surface area contributed by atoms with Crippen molar-refractivity contribution in [2.75, 3.05) is 13.1 Å². The van der Waals surface area contributed by atoms with E-state index in [0.717, 1.165) is 12.8 Å². The monoisotopic (exact) mass is 286 g/mol. The quantitative estimate of drug-likeness (QED) is 0.916. The fourth-order valence-electron chi connectivity index (χ4n) is 2.85. The van der Waals surface area contributed by atoms with Gasteiger partial charge in [-0.1, -0.05) is 6.92 Å². The second-order valence-electron chi connectivity index (χ2n) is 5.32. The Morgan fingerprint density at radius 1 is 1.47 bits per heavy atom. The van der Waals surface area contributed by atoms with Gasteiger partial charge in [0.05, 0.1) is 0 Å². The highest BCUT2D eigenvalue weighted by Gasteiger charge is 2.37. The maximum Gasteiger partial charge on any atom is 0.246 e. The highest BCUT2D eigenvalue weighted by molar-refractivity contribution is 7.89. The van der Waals surface area contributed by atoms with Gasteiger partial charge in [0.25, 0.3) is 0 Å². The molecule has 1 aliphatic rings. The average Bonchev–Trinajstić information content (AvgIpc) is 2.68. The summed E-state index contributed by atoms with van der Waals surface area (Å²) in [5.74, 6) is 1.36. The minimum atomic E-state index is -3.51. The van der Waals surface area contributed by atoms with E-state index in [1.54, 1.807) is 24.2 Å². The first-order valence-corrected chi connectivity index (χ1v) is 8.11. The molecular formula is C13H22N2O3S. The summed E-state index contributed by atoms with van der Waals surface area (Å²) in [6, 6.07) is 1.48. The first-order chi connectivity index (χ1) is 8.87. The fourth-order valence-corrected chi connectivity index (χ4v) is 4.84. The smallest absolute Gasteiger partial charge is 0.246 e. The van der Waals surface area contributed by atoms with Gasteiger partial charge in [0.2, 0.25) is 10.0 Å². The summed E-state index contributed by atoms with van der Waals surface area (Å²) >= 11 is 0. The van der Waals surface area contributed by atoms with Gasteiger partial charge in [-0.05, 0) is 38.7 Å². The van der Waals surface area contributed by atoms with E-state index in [1.807, 2.05) is 0 Å². The molecule has 0 amide bonds. The Labute approximate surface area is 114 Å². The minimum absolute atomic E-state index is 0.117. The van der Waals surface area contributed by atoms with Gasteiger partial charge in [0.15, 0.2) is 0 Å². The van der Waals surface area contributed by atoms with Crippen LogP contribution in [0.15, 0.2) is 15.4 Å². The molecule has 2 N–H and O–H groups in total. The zero-order valence-electron chi connectivity index (χ0n) is 11.7. The highest BCUT2D eigenvalue weighted by atomic mass is 32.2. The van der Waals surface area contributed by atoms with Crippen molar-refractivity contribution in [3.05, 3.63) is 17.6 Å². The molecular weight excluding hydrogens is 264 g/mol. The Hall–Kier alpha value is -0.850. The molecule has 0 unspecified atom stereocenters. The van der Waals surface area contributed by atoms with Crippen LogP contribution in [0.5, 0.6) is 0 Å². The maximum absolute atomic E-state index is 12.7. The number of hydrogen-bond donors (Lipinski definition) is 1. The molecule has 0 aliphatic carbocycles. The molecule has 0 aromatic carbocycles. The lowest BCUT2D eigenvalue weighted by Crippen LogP contribution is -2.51. The van der Waals surface area contributed by atoms with Crippen LogP contribution in [-0.2, 0) is 10.0 Å². The standard InChI is InChI=1S/C13H22N2O3S/c1-9-5-4-6-15(12(9)8-14)19(16,17)13-7-10(2)18-11(13)3/h7,9,12H,4-6,8,14H2,1-3H3/t9-,12+/m0/s1. The molecule has 6 heteroatoms. The SMILES string of the molecule is Cc1cc(S(=O)(=O)N2CCC[C@H](C)[C@H]2CN)c(C)o1. The van der Waals surface area contributed by atoms with Gasteiger partial charge in [-0.3, -0.25) is 0 Å². The Bertz CT molecular complexity index is 550. The van der Waals surface area contributed by atoms with Crippen molar-refractivity contribution in [3.8, 4) is 0 Å². The second kappa shape index (κ2) is 5.26. The average molecular weight is 286 g/mol. The summed E-state index contributed by atoms with van der Waals surface area (Å²) in [5.41, 5.74) is 5.77. The van der Waals surface area contributed by atoms with Crippen LogP contribution in [0.25, 0.3) is 0 Å². The molecule has 1 saturated heterocycles. The zero-order valence-corrected chi connectivity index (χ0v) is 12.5. The van der Waals surface area contributed by atoms with E-state index in [1.165, 1.54) is 0 Å². The van der Waals surface area contributed by atoms with Gasteiger partial charge >= 0.3 is 0 Å². The molecule has 0 radical (unpaired) electrons. The Kier molecular flexibility index (Phi) is 4.03. The molecule has 2 rings (SSSR count). The van der Waals surface area contributed by atoms with Crippen molar-refractivity contribution >= 4 is 10.0 Å². The normalized spacial score (nSPS) is 25.7. The second-order valence-corrected chi connectivity index (χ2v) is 7.17. The molecule has 5 nitrogen and oxygen atoms in total. The number of nitrogens with zero attached hydrogens (tertiary/aromatic N) is 1. The lowest BCUT2D eigenvalue weighted by molar-refractivity contribution is 0.192. The van der Waals surface area contributed by atoms with Gasteiger partial charge in [-0.25, -0.2) is 8.42 Å². The molecule has 0 saturated carbocycles. The lowest BCUT2D eigenvalue weighted by atomic mass is 9.93. The Balaban J connectivity index is 2.40. The van der Waals surface area contributed by atoms with Crippen molar-refractivity contribution in [2.45, 2.75) is 44.6 Å². The first kappa shape index (κ1) is 14.6. The van der Waals surface area contributed by atoms with Crippen molar-refractivity contribution < 1.29 is 12.8 Å². The van der Waals surface area contributed by atoms with E-state index in [-0.39, 0.29) is 10.9 Å². The molecule has 0 spiro atoms. The molecule has 2 heterocycles. The minimum Gasteiger partial charge on any atom is -0.465 e. The number of hydrogen-bond acceptors (Lipinski definition) is 4. The van der Waals surface area contributed by atoms with Gasteiger partial charge < -0.3 is 10.2 Å². The van der Waals surface area contributed by atoms with Crippen LogP contribution < -0.4 is 5.73 Å². The molecule has 1 aliphatic heterocycles. The van der Waals surface area contributed by atoms with Crippen molar-refractivity contribution in [1.82, 2.24) is 4.31 Å². The number of nitrogens with two attached hydrogens (primary N) is 1. The Morgan fingerprint density at radius 2 is 2.16 bits per heavy atom. The molecule has 2 atom stereocenters. The van der Waals surface area contributed by atoms with E-state index in [0.29, 0.717) is 30.5 Å². The summed E-state index contributed by atoms with van der Waals surface area (Å²) in [4.78, 5) is 0.276. The number of piperidine rings is 1. The van der Waals surface area contributed by atoms with Crippen LogP contribution in [0.3, 0.4) is 0 Å². The molecule has 1 fully saturated rings. The largest absolute Gasteiger partial charge is 0.465 e. The molecule has 19 heavy (non-hydrogen) atoms. The third-order valence-electron chi connectivity index (χ3n) is 3.89. The maximum atomic E-state index is 12.7. The summed E-state index contributed by atoms with van der Waals surface area (Å²) in [6.07, 6.45) is 1.91. The van der Waals surface area contributed by atoms with Crippen molar-refractivity contribution in [1.29, 1.82) is 0 Å². The highest BCUT2D eigenvalue weighted by Crippen LogP contribution is 2.30. The summed E-state index contributed by atoms with van der Waals surface area (Å²) in [6.45, 7) is 6.40. The Morgan fingerprint density at radius 3 is 2.68 bits per heavy atom. The van der Waals surface area contributed by atoms with Crippen LogP contribution in [-0.4, -0.2) is 31.9 Å².